The summed E-state index contributed by atoms with van der Waals surface area (Å²) in [7, 11) is 0. The highest BCUT2D eigenvalue weighted by atomic mass is 16.3. The summed E-state index contributed by atoms with van der Waals surface area (Å²) in [4.78, 5) is 25.8. The fourth-order valence-corrected chi connectivity index (χ4v) is 1.12. The van der Waals surface area contributed by atoms with Crippen LogP contribution in [0.15, 0.2) is 35.3 Å². The molecule has 0 aliphatic rings. The van der Waals surface area contributed by atoms with E-state index >= 15 is 0 Å². The summed E-state index contributed by atoms with van der Waals surface area (Å²) in [6.07, 6.45) is 1.34. The average Bonchev–Trinajstić information content (AvgIpc) is 2.42. The maximum absolute atomic E-state index is 11.2. The molecule has 0 bridgehead atoms. The topological polar surface area (TPSA) is 66.7 Å². The van der Waals surface area contributed by atoms with Gasteiger partial charge in [0, 0.05) is 6.21 Å². The molecule has 0 aromatic heterocycles. The van der Waals surface area contributed by atoms with E-state index in [0.717, 1.165) is 5.56 Å². The summed E-state index contributed by atoms with van der Waals surface area (Å²) in [6, 6.07) is 9.37. The smallest absolute Gasteiger partial charge is 0.165 e. The summed E-state index contributed by atoms with van der Waals surface area (Å²) >= 11 is 0. The first-order chi connectivity index (χ1) is 8.72. The van der Waals surface area contributed by atoms with E-state index in [0.29, 0.717) is 0 Å². The first-order valence-electron chi connectivity index (χ1n) is 5.91. The van der Waals surface area contributed by atoms with Crippen molar-refractivity contribution < 1.29 is 14.7 Å². The monoisotopic (exact) mass is 249 g/mol. The first-order valence-corrected chi connectivity index (χ1v) is 5.91. The molecule has 0 aliphatic heterocycles. The number of aliphatic hydroxyl groups excluding tert-OH is 1. The zero-order chi connectivity index (χ0) is 13.8. The highest BCUT2D eigenvalue weighted by molar-refractivity contribution is 6.01. The summed E-state index contributed by atoms with van der Waals surface area (Å²) in [5.74, 6) is -0.758. The van der Waals surface area contributed by atoms with Gasteiger partial charge >= 0.3 is 0 Å². The van der Waals surface area contributed by atoms with Gasteiger partial charge in [-0.15, -0.1) is 0 Å². The largest absolute Gasteiger partial charge is 0.389 e. The molecule has 0 aliphatic carbocycles. The Labute approximate surface area is 107 Å². The van der Waals surface area contributed by atoms with Gasteiger partial charge in [0.05, 0.1) is 13.0 Å². The molecule has 0 spiro atoms. The van der Waals surface area contributed by atoms with E-state index in [-0.39, 0.29) is 18.7 Å². The van der Waals surface area contributed by atoms with Crippen LogP contribution in [0, 0.1) is 0 Å². The molecule has 0 fully saturated rings. The van der Waals surface area contributed by atoms with Crippen LogP contribution in [-0.4, -0.2) is 36.0 Å². The highest BCUT2D eigenvalue weighted by Crippen LogP contribution is 1.94. The van der Waals surface area contributed by atoms with Crippen molar-refractivity contribution in [1.29, 1.82) is 0 Å². The van der Waals surface area contributed by atoms with Crippen LogP contribution in [-0.2, 0) is 9.59 Å². The van der Waals surface area contributed by atoms with Gasteiger partial charge in [0.1, 0.15) is 6.61 Å². The fraction of sp³-hybridized carbons (Fsp3) is 0.357. The molecule has 0 unspecified atom stereocenters. The third-order valence-electron chi connectivity index (χ3n) is 1.88. The maximum atomic E-state index is 11.2. The Morgan fingerprint density at radius 1 is 1.17 bits per heavy atom. The predicted molar refractivity (Wildman–Crippen MR) is 72.0 cm³/mol. The Bertz CT molecular complexity index is 385. The number of ketones is 2. The van der Waals surface area contributed by atoms with Crippen molar-refractivity contribution in [2.45, 2.75) is 20.3 Å². The van der Waals surface area contributed by atoms with E-state index in [9.17, 15) is 9.59 Å². The lowest BCUT2D eigenvalue weighted by Gasteiger charge is -1.94. The number of carbonyl (C=O) groups excluding carboxylic acids is 2. The molecule has 0 radical (unpaired) electrons. The zero-order valence-corrected chi connectivity index (χ0v) is 10.8. The van der Waals surface area contributed by atoms with Crippen molar-refractivity contribution in [3.63, 3.8) is 0 Å². The van der Waals surface area contributed by atoms with Crippen molar-refractivity contribution in [2.75, 3.05) is 13.2 Å². The van der Waals surface area contributed by atoms with Gasteiger partial charge in [0.2, 0.25) is 0 Å². The van der Waals surface area contributed by atoms with Crippen molar-refractivity contribution in [3.05, 3.63) is 35.9 Å². The third-order valence-corrected chi connectivity index (χ3v) is 1.88. The second-order valence-corrected chi connectivity index (χ2v) is 3.29. The lowest BCUT2D eigenvalue weighted by atomic mass is 10.2. The molecule has 0 amide bonds. The number of rotatable bonds is 6. The van der Waals surface area contributed by atoms with Crippen LogP contribution in [0.3, 0.4) is 0 Å². The van der Waals surface area contributed by atoms with E-state index in [4.69, 9.17) is 5.11 Å². The van der Waals surface area contributed by atoms with Crippen LogP contribution in [0.25, 0.3) is 0 Å². The standard InChI is InChI=1S/C12H13NO3.C2H6/c14-9-12(16)6-11(15)8-13-7-10-4-2-1-3-5-10;1-2/h1-5,7,14H,6,8-9H2;1-2H3. The molecule has 1 aromatic carbocycles. The number of Topliss-reactive ketones (excluding diaryl/α,β-unsaturated/α-hetero) is 2. The zero-order valence-electron chi connectivity index (χ0n) is 10.8. The van der Waals surface area contributed by atoms with E-state index in [1.54, 1.807) is 6.21 Å². The van der Waals surface area contributed by atoms with Crippen molar-refractivity contribution >= 4 is 17.8 Å². The van der Waals surface area contributed by atoms with Crippen LogP contribution < -0.4 is 0 Å². The van der Waals surface area contributed by atoms with Gasteiger partial charge in [-0.3, -0.25) is 14.6 Å². The Balaban J connectivity index is 0.00000137. The Hall–Kier alpha value is -1.81. The molecule has 18 heavy (non-hydrogen) atoms. The minimum Gasteiger partial charge on any atom is -0.389 e. The average molecular weight is 249 g/mol. The number of aliphatic imine (C=N–C) groups is 1. The van der Waals surface area contributed by atoms with Crippen molar-refractivity contribution in [1.82, 2.24) is 0 Å². The molecular formula is C14H19NO3. The van der Waals surface area contributed by atoms with Gasteiger partial charge < -0.3 is 5.11 Å². The van der Waals surface area contributed by atoms with Crippen LogP contribution in [0.2, 0.25) is 0 Å². The Morgan fingerprint density at radius 2 is 1.78 bits per heavy atom. The predicted octanol–water partition coefficient (Wildman–Crippen LogP) is 1.65. The normalized spacial score (nSPS) is 9.72. The van der Waals surface area contributed by atoms with Crippen LogP contribution in [0.1, 0.15) is 25.8 Å². The molecule has 1 N–H and O–H groups in total. The lowest BCUT2D eigenvalue weighted by Crippen LogP contribution is -2.13. The first kappa shape index (κ1) is 16.2. The Morgan fingerprint density at radius 3 is 2.33 bits per heavy atom. The molecule has 4 nitrogen and oxygen atoms in total. The molecule has 1 aromatic rings. The quantitative estimate of drug-likeness (QED) is 0.615. The van der Waals surface area contributed by atoms with Crippen LogP contribution >= 0.6 is 0 Å². The van der Waals surface area contributed by atoms with Crippen LogP contribution in [0.4, 0.5) is 0 Å². The minimum atomic E-state index is -0.589. The van der Waals surface area contributed by atoms with Gasteiger partial charge in [-0.1, -0.05) is 44.2 Å². The molecule has 0 saturated carbocycles. The van der Waals surface area contributed by atoms with Crippen molar-refractivity contribution in [3.8, 4) is 0 Å². The molecule has 1 rings (SSSR count). The number of hydrogen-bond donors (Lipinski definition) is 1. The second-order valence-electron chi connectivity index (χ2n) is 3.29. The number of nitrogens with zero attached hydrogens (tertiary/aromatic N) is 1. The summed E-state index contributed by atoms with van der Waals surface area (Å²) in [5.41, 5.74) is 0.906. The van der Waals surface area contributed by atoms with Gasteiger partial charge in [0.15, 0.2) is 11.6 Å². The van der Waals surface area contributed by atoms with Gasteiger partial charge in [-0.25, -0.2) is 0 Å². The van der Waals surface area contributed by atoms with Gasteiger partial charge in [-0.05, 0) is 5.56 Å². The number of carbonyl (C=O) groups is 2. The minimum absolute atomic E-state index is 0.0271. The number of hydrogen-bond acceptors (Lipinski definition) is 4. The second kappa shape index (κ2) is 10.4. The lowest BCUT2D eigenvalue weighted by molar-refractivity contribution is -0.127. The van der Waals surface area contributed by atoms with Crippen LogP contribution in [0.5, 0.6) is 0 Å². The fourth-order valence-electron chi connectivity index (χ4n) is 1.12. The summed E-state index contributed by atoms with van der Waals surface area (Å²) in [6.45, 7) is 3.38. The highest BCUT2D eigenvalue weighted by Gasteiger charge is 2.06. The van der Waals surface area contributed by atoms with E-state index in [2.05, 4.69) is 4.99 Å². The summed E-state index contributed by atoms with van der Waals surface area (Å²) in [5, 5.41) is 8.45. The van der Waals surface area contributed by atoms with Crippen molar-refractivity contribution in [2.24, 2.45) is 4.99 Å². The number of benzene rings is 1. The third kappa shape index (κ3) is 7.46. The van der Waals surface area contributed by atoms with Gasteiger partial charge in [-0.2, -0.15) is 0 Å². The molecule has 0 atom stereocenters. The Kier molecular flexibility index (Phi) is 9.31. The molecule has 0 heterocycles. The van der Waals surface area contributed by atoms with E-state index in [1.807, 2.05) is 44.2 Å². The van der Waals surface area contributed by atoms with Gasteiger partial charge in [0.25, 0.3) is 0 Å². The number of aliphatic hydroxyl groups is 1. The molecule has 98 valence electrons. The molecular weight excluding hydrogens is 230 g/mol. The van der Waals surface area contributed by atoms with E-state index < -0.39 is 12.4 Å². The molecule has 4 heteroatoms. The SMILES string of the molecule is CC.O=C(CO)CC(=O)CN=Cc1ccccc1. The summed E-state index contributed by atoms with van der Waals surface area (Å²) < 4.78 is 0. The molecule has 0 saturated heterocycles. The maximum Gasteiger partial charge on any atom is 0.165 e. The van der Waals surface area contributed by atoms with E-state index in [1.165, 1.54) is 0 Å².